The molecule has 2 aromatic heterocycles. The van der Waals surface area contributed by atoms with Crippen molar-refractivity contribution in [2.24, 2.45) is 5.73 Å². The van der Waals surface area contributed by atoms with E-state index in [1.54, 1.807) is 11.3 Å². The maximum absolute atomic E-state index is 12.3. The van der Waals surface area contributed by atoms with Gasteiger partial charge in [-0.25, -0.2) is 9.78 Å². The lowest BCUT2D eigenvalue weighted by Crippen LogP contribution is -2.56. The molecule has 37 heavy (non-hydrogen) atoms. The number of likely N-dealkylation sites (N-methyl/N-ethyl adjacent to an activating group) is 1. The summed E-state index contributed by atoms with van der Waals surface area (Å²) in [5.74, 6) is -0.417. The quantitative estimate of drug-likeness (QED) is 0.548. The number of aliphatic carboxylic acids is 1. The van der Waals surface area contributed by atoms with Gasteiger partial charge in [0.1, 0.15) is 11.4 Å². The normalized spacial score (nSPS) is 21.0. The summed E-state index contributed by atoms with van der Waals surface area (Å²) in [6.45, 7) is 6.42. The molecule has 1 amide bonds. The molecule has 2 aliphatic rings. The predicted molar refractivity (Wildman–Crippen MR) is 139 cm³/mol. The van der Waals surface area contributed by atoms with E-state index in [1.165, 1.54) is 16.0 Å². The van der Waals surface area contributed by atoms with E-state index < -0.39 is 17.7 Å². The van der Waals surface area contributed by atoms with E-state index in [9.17, 15) is 18.0 Å². The Bertz CT molecular complexity index is 1160. The number of aromatic nitrogens is 2. The summed E-state index contributed by atoms with van der Waals surface area (Å²) < 4.78 is 31.7. The number of fused-ring (bicyclic) bond motifs is 1. The molecule has 1 fully saturated rings. The van der Waals surface area contributed by atoms with E-state index in [4.69, 9.17) is 25.6 Å². The van der Waals surface area contributed by atoms with Crippen molar-refractivity contribution in [2.75, 3.05) is 44.0 Å². The lowest BCUT2D eigenvalue weighted by atomic mass is 9.96. The first kappa shape index (κ1) is 29.0. The van der Waals surface area contributed by atoms with Gasteiger partial charge in [-0.05, 0) is 51.4 Å². The number of aryl methyl sites for hydroxylation is 1. The number of amides is 1. The van der Waals surface area contributed by atoms with Crippen LogP contribution in [0.15, 0.2) is 11.4 Å². The maximum atomic E-state index is 12.3. The Hall–Kier alpha value is -2.58. The summed E-state index contributed by atoms with van der Waals surface area (Å²) in [6, 6.07) is 2.21. The molecule has 0 saturated carbocycles. The Morgan fingerprint density at radius 3 is 2.43 bits per heavy atom. The molecule has 2 aromatic rings. The van der Waals surface area contributed by atoms with Crippen LogP contribution in [-0.4, -0.2) is 77.8 Å². The van der Waals surface area contributed by atoms with E-state index in [-0.39, 0.29) is 5.91 Å². The zero-order chi connectivity index (χ0) is 27.7. The van der Waals surface area contributed by atoms with E-state index in [0.29, 0.717) is 18.2 Å². The lowest BCUT2D eigenvalue weighted by molar-refractivity contribution is -0.192. The van der Waals surface area contributed by atoms with Crippen molar-refractivity contribution < 1.29 is 27.9 Å². The second kappa shape index (κ2) is 11.0. The summed E-state index contributed by atoms with van der Waals surface area (Å²) in [6.07, 6.45) is -4.38. The minimum atomic E-state index is -5.08. The molecule has 14 heteroatoms. The Morgan fingerprint density at radius 1 is 1.30 bits per heavy atom. The van der Waals surface area contributed by atoms with Crippen LogP contribution in [0.1, 0.15) is 40.3 Å². The predicted octanol–water partition coefficient (Wildman–Crippen LogP) is 3.42. The van der Waals surface area contributed by atoms with Crippen molar-refractivity contribution in [2.45, 2.75) is 49.5 Å². The molecule has 4 rings (SSSR count). The van der Waals surface area contributed by atoms with Crippen molar-refractivity contribution in [1.82, 2.24) is 14.9 Å². The summed E-state index contributed by atoms with van der Waals surface area (Å²) in [5.41, 5.74) is 8.78. The maximum Gasteiger partial charge on any atom is 0.490 e. The molecule has 2 aliphatic heterocycles. The third-order valence-electron chi connectivity index (χ3n) is 6.49. The number of carbonyl (C=O) groups excluding carboxylic acids is 1. The third-order valence-corrected chi connectivity index (χ3v) is 8.71. The number of carboxylic acid groups (broad SMARTS) is 1. The number of carboxylic acids is 1. The molecular weight excluding hydrogens is 529 g/mol. The first-order valence-electron chi connectivity index (χ1n) is 11.5. The highest BCUT2D eigenvalue weighted by Crippen LogP contribution is 2.45. The number of thioether (sulfide) groups is 1. The molecule has 9 nitrogen and oxygen atoms in total. The Kier molecular flexibility index (Phi) is 8.64. The van der Waals surface area contributed by atoms with Crippen LogP contribution in [0.2, 0.25) is 0 Å². The van der Waals surface area contributed by atoms with Crippen molar-refractivity contribution in [3.05, 3.63) is 33.1 Å². The molecule has 0 spiro atoms. The Morgan fingerprint density at radius 2 is 1.95 bits per heavy atom. The van der Waals surface area contributed by atoms with Gasteiger partial charge in [0.05, 0.1) is 12.2 Å². The van der Waals surface area contributed by atoms with Crippen LogP contribution in [0.3, 0.4) is 0 Å². The van der Waals surface area contributed by atoms with E-state index >= 15 is 0 Å². The highest BCUT2D eigenvalue weighted by Gasteiger charge is 2.46. The van der Waals surface area contributed by atoms with Gasteiger partial charge in [0.2, 0.25) is 11.9 Å². The Labute approximate surface area is 221 Å². The van der Waals surface area contributed by atoms with Crippen molar-refractivity contribution in [3.63, 3.8) is 0 Å². The molecular formula is C23H31F3N6O3S2. The van der Waals surface area contributed by atoms with Crippen LogP contribution in [0.5, 0.6) is 0 Å². The molecule has 0 bridgehead atoms. The molecule has 2 atom stereocenters. The van der Waals surface area contributed by atoms with Gasteiger partial charge in [0.25, 0.3) is 0 Å². The minimum Gasteiger partial charge on any atom is -0.475 e. The molecule has 3 N–H and O–H groups in total. The number of hydrogen-bond acceptors (Lipinski definition) is 9. The number of primary amides is 1. The number of thiophene rings is 1. The fourth-order valence-electron chi connectivity index (χ4n) is 4.31. The van der Waals surface area contributed by atoms with Gasteiger partial charge in [-0.3, -0.25) is 9.69 Å². The van der Waals surface area contributed by atoms with Crippen LogP contribution >= 0.6 is 23.1 Å². The van der Waals surface area contributed by atoms with Gasteiger partial charge in [0, 0.05) is 41.6 Å². The van der Waals surface area contributed by atoms with Gasteiger partial charge in [-0.1, -0.05) is 0 Å². The smallest absolute Gasteiger partial charge is 0.475 e. The van der Waals surface area contributed by atoms with E-state index in [2.05, 4.69) is 35.1 Å². The highest BCUT2D eigenvalue weighted by atomic mass is 32.2. The summed E-state index contributed by atoms with van der Waals surface area (Å²) in [4.78, 5) is 38.8. The number of hydrogen-bond donors (Lipinski definition) is 2. The number of rotatable bonds is 6. The van der Waals surface area contributed by atoms with Gasteiger partial charge in [0.15, 0.2) is 0 Å². The number of anilines is 2. The van der Waals surface area contributed by atoms with Crippen LogP contribution in [-0.2, 0) is 21.9 Å². The number of carbonyl (C=O) groups is 2. The van der Waals surface area contributed by atoms with Crippen molar-refractivity contribution in [1.29, 1.82) is 0 Å². The largest absolute Gasteiger partial charge is 0.490 e. The van der Waals surface area contributed by atoms with E-state index in [1.807, 2.05) is 37.8 Å². The molecule has 0 radical (unpaired) electrons. The number of nitrogens with zero attached hydrogens (tertiary/aromatic N) is 5. The fraction of sp³-hybridized carbons (Fsp3) is 0.565. The first-order valence-corrected chi connectivity index (χ1v) is 13.4. The second-order valence-electron chi connectivity index (χ2n) is 9.38. The van der Waals surface area contributed by atoms with Crippen LogP contribution < -0.4 is 15.5 Å². The van der Waals surface area contributed by atoms with E-state index in [0.717, 1.165) is 36.3 Å². The summed E-state index contributed by atoms with van der Waals surface area (Å²) in [5, 5.41) is 9.64. The summed E-state index contributed by atoms with van der Waals surface area (Å²) in [7, 11) is 5.91. The lowest BCUT2D eigenvalue weighted by Gasteiger charge is -2.33. The van der Waals surface area contributed by atoms with Gasteiger partial charge < -0.3 is 20.6 Å². The molecule has 0 aromatic carbocycles. The van der Waals surface area contributed by atoms with Gasteiger partial charge in [-0.2, -0.15) is 18.2 Å². The average Bonchev–Trinajstić information content (AvgIpc) is 3.52. The monoisotopic (exact) mass is 560 g/mol. The zero-order valence-corrected chi connectivity index (χ0v) is 22.9. The third kappa shape index (κ3) is 6.29. The van der Waals surface area contributed by atoms with Gasteiger partial charge >= 0.3 is 12.1 Å². The number of alkyl halides is 3. The topological polar surface area (TPSA) is 116 Å². The molecule has 2 unspecified atom stereocenters. The average molecular weight is 561 g/mol. The molecule has 0 aliphatic carbocycles. The SMILES string of the molecule is Cc1csc(CN(C)c2nc3c(c(N4CCC(C(N)=O)(N(C)C)C4)n2)CSC3C)c1.O=C(O)C(F)(F)F. The molecule has 204 valence electrons. The van der Waals surface area contributed by atoms with Crippen LogP contribution in [0, 0.1) is 6.92 Å². The standard InChI is InChI=1S/C21H30N6OS2.C2HF3O2/c1-13-8-15(30-10-13)9-26(5)20-23-17-14(2)29-11-16(17)18(24-20)27-7-6-21(12-27,19(22)28)25(3)4;3-2(4,5)1(6)7/h8,10,14H,6-7,9,11-12H2,1-5H3,(H2,22,28);(H,6,7). The molecule has 1 saturated heterocycles. The highest BCUT2D eigenvalue weighted by molar-refractivity contribution is 7.99. The second-order valence-corrected chi connectivity index (χ2v) is 11.7. The van der Waals surface area contributed by atoms with Gasteiger partial charge in [-0.15, -0.1) is 23.1 Å². The fourth-order valence-corrected chi connectivity index (χ4v) is 6.28. The minimum absolute atomic E-state index is 0.270. The van der Waals surface area contributed by atoms with Crippen LogP contribution in [0.25, 0.3) is 0 Å². The first-order chi connectivity index (χ1) is 17.2. The number of halogens is 3. The number of nitrogens with two attached hydrogens (primary N) is 1. The summed E-state index contributed by atoms with van der Waals surface area (Å²) >= 11 is 3.66. The zero-order valence-electron chi connectivity index (χ0n) is 21.3. The van der Waals surface area contributed by atoms with Crippen molar-refractivity contribution in [3.8, 4) is 0 Å². The van der Waals surface area contributed by atoms with Crippen molar-refractivity contribution >= 4 is 46.7 Å². The Balaban J connectivity index is 0.000000479. The molecule has 4 heterocycles. The van der Waals surface area contributed by atoms with Crippen LogP contribution in [0.4, 0.5) is 24.9 Å².